The minimum absolute atomic E-state index is 0.0186. The lowest BCUT2D eigenvalue weighted by molar-refractivity contribution is -0.152. The smallest absolute Gasteiger partial charge is 0.326 e. The molecular formula is C18H20ClNO4. The van der Waals surface area contributed by atoms with Gasteiger partial charge < -0.3 is 14.7 Å². The van der Waals surface area contributed by atoms with Gasteiger partial charge in [0.2, 0.25) is 5.91 Å². The van der Waals surface area contributed by atoms with E-state index in [0.717, 1.165) is 30.4 Å². The molecule has 5 nitrogen and oxygen atoms in total. The Balaban J connectivity index is 1.58. The summed E-state index contributed by atoms with van der Waals surface area (Å²) in [5.41, 5.74) is 1.97. The summed E-state index contributed by atoms with van der Waals surface area (Å²) in [5, 5.41) is 10.2. The summed E-state index contributed by atoms with van der Waals surface area (Å²) in [6.45, 7) is 1.73. The van der Waals surface area contributed by atoms with Gasteiger partial charge in [0.25, 0.3) is 0 Å². The van der Waals surface area contributed by atoms with Gasteiger partial charge in [-0.05, 0) is 47.9 Å². The number of carboxylic acid groups (broad SMARTS) is 1. The highest BCUT2D eigenvalue weighted by molar-refractivity contribution is 6.30. The summed E-state index contributed by atoms with van der Waals surface area (Å²) >= 11 is 6.06. The number of carboxylic acids is 1. The number of amides is 1. The zero-order chi connectivity index (χ0) is 16.9. The number of benzene rings is 1. The van der Waals surface area contributed by atoms with Crippen molar-refractivity contribution in [2.75, 3.05) is 13.2 Å². The Hall–Kier alpha value is -1.59. The number of rotatable bonds is 2. The van der Waals surface area contributed by atoms with Gasteiger partial charge in [0.15, 0.2) is 0 Å². The monoisotopic (exact) mass is 349 g/mol. The second kappa shape index (κ2) is 5.74. The molecule has 1 unspecified atom stereocenters. The average molecular weight is 350 g/mol. The molecule has 1 aromatic rings. The van der Waals surface area contributed by atoms with Crippen molar-refractivity contribution in [2.24, 2.45) is 11.3 Å². The molecule has 128 valence electrons. The van der Waals surface area contributed by atoms with Crippen LogP contribution in [0.2, 0.25) is 5.02 Å². The number of carbonyl (C=O) groups is 2. The van der Waals surface area contributed by atoms with E-state index in [2.05, 4.69) is 0 Å². The van der Waals surface area contributed by atoms with Crippen LogP contribution in [0.15, 0.2) is 18.2 Å². The molecule has 24 heavy (non-hydrogen) atoms. The van der Waals surface area contributed by atoms with Crippen LogP contribution < -0.4 is 0 Å². The van der Waals surface area contributed by atoms with Crippen LogP contribution in [0.1, 0.15) is 30.4 Å². The van der Waals surface area contributed by atoms with Gasteiger partial charge in [-0.2, -0.15) is 0 Å². The van der Waals surface area contributed by atoms with E-state index in [0.29, 0.717) is 31.2 Å². The summed E-state index contributed by atoms with van der Waals surface area (Å²) in [6.07, 6.45) is 3.01. The SMILES string of the molecule is O=C(O)[C@H]1Cc2ccc(Cl)cc2CN1C(=O)C1CC12CCOCC2. The normalized spacial score (nSPS) is 27.6. The fourth-order valence-electron chi connectivity index (χ4n) is 4.23. The first kappa shape index (κ1) is 15.9. The van der Waals surface area contributed by atoms with Crippen molar-refractivity contribution in [3.8, 4) is 0 Å². The predicted octanol–water partition coefficient (Wildman–Crippen LogP) is 2.49. The molecule has 3 aliphatic rings. The van der Waals surface area contributed by atoms with Crippen molar-refractivity contribution in [3.05, 3.63) is 34.3 Å². The highest BCUT2D eigenvalue weighted by atomic mass is 35.5. The van der Waals surface area contributed by atoms with Crippen LogP contribution >= 0.6 is 11.6 Å². The van der Waals surface area contributed by atoms with Crippen molar-refractivity contribution in [1.29, 1.82) is 0 Å². The van der Waals surface area contributed by atoms with E-state index in [-0.39, 0.29) is 17.2 Å². The first-order valence-electron chi connectivity index (χ1n) is 8.38. The standard InChI is InChI=1S/C18H20ClNO4/c19-13-2-1-11-8-15(17(22)23)20(10-12(11)7-13)16(21)14-9-18(14)3-5-24-6-4-18/h1-2,7,14-15H,3-6,8-10H2,(H,22,23)/t14?,15-/m1/s1. The quantitative estimate of drug-likeness (QED) is 0.890. The number of carbonyl (C=O) groups excluding carboxylic acids is 1. The zero-order valence-corrected chi connectivity index (χ0v) is 14.1. The Bertz CT molecular complexity index is 698. The fourth-order valence-corrected chi connectivity index (χ4v) is 4.43. The van der Waals surface area contributed by atoms with Gasteiger partial charge in [0.1, 0.15) is 6.04 Å². The van der Waals surface area contributed by atoms with Crippen LogP contribution in [-0.2, 0) is 27.3 Å². The number of halogens is 1. The van der Waals surface area contributed by atoms with Crippen molar-refractivity contribution >= 4 is 23.5 Å². The summed E-state index contributed by atoms with van der Waals surface area (Å²) in [4.78, 5) is 26.3. The molecule has 2 heterocycles. The molecule has 1 spiro atoms. The van der Waals surface area contributed by atoms with E-state index < -0.39 is 12.0 Å². The maximum Gasteiger partial charge on any atom is 0.326 e. The molecule has 1 amide bonds. The molecule has 2 fully saturated rings. The molecule has 1 saturated carbocycles. The molecule has 4 rings (SSSR count). The number of hydrogen-bond donors (Lipinski definition) is 1. The molecule has 0 bridgehead atoms. The van der Waals surface area contributed by atoms with E-state index in [1.807, 2.05) is 12.1 Å². The number of fused-ring (bicyclic) bond motifs is 1. The fraction of sp³-hybridized carbons (Fsp3) is 0.556. The second-order valence-electron chi connectivity index (χ2n) is 7.17. The largest absolute Gasteiger partial charge is 0.480 e. The second-order valence-corrected chi connectivity index (χ2v) is 7.61. The van der Waals surface area contributed by atoms with Crippen molar-refractivity contribution in [2.45, 2.75) is 38.3 Å². The molecule has 1 saturated heterocycles. The molecule has 0 aromatic heterocycles. The number of aliphatic carboxylic acids is 1. The first-order chi connectivity index (χ1) is 11.5. The Morgan fingerprint density at radius 1 is 1.25 bits per heavy atom. The lowest BCUT2D eigenvalue weighted by Gasteiger charge is -2.35. The Labute approximate surface area is 145 Å². The van der Waals surface area contributed by atoms with Crippen molar-refractivity contribution in [1.82, 2.24) is 4.90 Å². The number of nitrogens with zero attached hydrogens (tertiary/aromatic N) is 1. The molecule has 1 N–H and O–H groups in total. The summed E-state index contributed by atoms with van der Waals surface area (Å²) in [6, 6.07) is 4.69. The van der Waals surface area contributed by atoms with Gasteiger partial charge in [-0.3, -0.25) is 4.79 Å². The molecular weight excluding hydrogens is 330 g/mol. The lowest BCUT2D eigenvalue weighted by Crippen LogP contribution is -2.49. The molecule has 2 atom stereocenters. The molecule has 1 aliphatic carbocycles. The van der Waals surface area contributed by atoms with Gasteiger partial charge in [-0.1, -0.05) is 17.7 Å². The third kappa shape index (κ3) is 2.60. The Morgan fingerprint density at radius 2 is 2.00 bits per heavy atom. The maximum atomic E-state index is 13.0. The van der Waals surface area contributed by atoms with E-state index >= 15 is 0 Å². The summed E-state index contributed by atoms with van der Waals surface area (Å²) in [7, 11) is 0. The molecule has 1 aromatic carbocycles. The lowest BCUT2D eigenvalue weighted by atomic mass is 9.91. The third-order valence-corrected chi connectivity index (χ3v) is 6.08. The molecule has 6 heteroatoms. The number of hydrogen-bond acceptors (Lipinski definition) is 3. The maximum absolute atomic E-state index is 13.0. The Morgan fingerprint density at radius 3 is 2.71 bits per heavy atom. The van der Waals surface area contributed by atoms with E-state index in [1.165, 1.54) is 0 Å². The van der Waals surface area contributed by atoms with Gasteiger partial charge in [0, 0.05) is 37.1 Å². The number of ether oxygens (including phenoxy) is 1. The predicted molar refractivity (Wildman–Crippen MR) is 87.7 cm³/mol. The average Bonchev–Trinajstić information content (AvgIpc) is 3.26. The topological polar surface area (TPSA) is 66.8 Å². The minimum atomic E-state index is -0.939. The van der Waals surface area contributed by atoms with E-state index in [1.54, 1.807) is 11.0 Å². The van der Waals surface area contributed by atoms with Crippen LogP contribution in [0.4, 0.5) is 0 Å². The Kier molecular flexibility index (Phi) is 3.81. The van der Waals surface area contributed by atoms with Crippen LogP contribution in [-0.4, -0.2) is 41.1 Å². The first-order valence-corrected chi connectivity index (χ1v) is 8.76. The summed E-state index contributed by atoms with van der Waals surface area (Å²) in [5.74, 6) is -1.01. The van der Waals surface area contributed by atoms with Gasteiger partial charge in [0.05, 0.1) is 0 Å². The third-order valence-electron chi connectivity index (χ3n) is 5.84. The van der Waals surface area contributed by atoms with Crippen LogP contribution in [0.3, 0.4) is 0 Å². The van der Waals surface area contributed by atoms with Gasteiger partial charge >= 0.3 is 5.97 Å². The highest BCUT2D eigenvalue weighted by Gasteiger charge is 2.59. The minimum Gasteiger partial charge on any atom is -0.480 e. The summed E-state index contributed by atoms with van der Waals surface area (Å²) < 4.78 is 5.40. The van der Waals surface area contributed by atoms with E-state index in [9.17, 15) is 14.7 Å². The van der Waals surface area contributed by atoms with Crippen molar-refractivity contribution < 1.29 is 19.4 Å². The molecule has 0 radical (unpaired) electrons. The van der Waals surface area contributed by atoms with Crippen LogP contribution in [0.5, 0.6) is 0 Å². The van der Waals surface area contributed by atoms with Gasteiger partial charge in [-0.15, -0.1) is 0 Å². The van der Waals surface area contributed by atoms with Crippen LogP contribution in [0.25, 0.3) is 0 Å². The van der Waals surface area contributed by atoms with E-state index in [4.69, 9.17) is 16.3 Å². The van der Waals surface area contributed by atoms with Crippen LogP contribution in [0, 0.1) is 11.3 Å². The molecule has 2 aliphatic heterocycles. The van der Waals surface area contributed by atoms with Gasteiger partial charge in [-0.25, -0.2) is 4.79 Å². The zero-order valence-electron chi connectivity index (χ0n) is 13.3. The highest BCUT2D eigenvalue weighted by Crippen LogP contribution is 2.60. The van der Waals surface area contributed by atoms with Crippen molar-refractivity contribution in [3.63, 3.8) is 0 Å².